The first-order chi connectivity index (χ1) is 11.4. The van der Waals surface area contributed by atoms with Crippen molar-refractivity contribution in [3.63, 3.8) is 0 Å². The van der Waals surface area contributed by atoms with Gasteiger partial charge in [0.25, 0.3) is 5.91 Å². The van der Waals surface area contributed by atoms with Crippen molar-refractivity contribution >= 4 is 44.9 Å². The van der Waals surface area contributed by atoms with Gasteiger partial charge in [0.05, 0.1) is 5.56 Å². The van der Waals surface area contributed by atoms with Crippen LogP contribution >= 0.6 is 11.3 Å². The molecular weight excluding hydrogens is 328 g/mol. The van der Waals surface area contributed by atoms with Gasteiger partial charge < -0.3 is 20.8 Å². The molecule has 0 aliphatic rings. The van der Waals surface area contributed by atoms with Gasteiger partial charge in [-0.2, -0.15) is 0 Å². The van der Waals surface area contributed by atoms with E-state index in [1.165, 1.54) is 11.3 Å². The van der Waals surface area contributed by atoms with Crippen LogP contribution in [-0.4, -0.2) is 22.8 Å². The van der Waals surface area contributed by atoms with Crippen molar-refractivity contribution in [1.29, 1.82) is 0 Å². The maximum absolute atomic E-state index is 12.3. The van der Waals surface area contributed by atoms with Crippen LogP contribution in [0.2, 0.25) is 0 Å². The molecule has 124 valence electrons. The molecule has 7 nitrogen and oxygen atoms in total. The van der Waals surface area contributed by atoms with E-state index in [4.69, 9.17) is 10.2 Å². The molecule has 0 radical (unpaired) electrons. The Morgan fingerprint density at radius 2 is 2.12 bits per heavy atom. The first-order valence-corrected chi connectivity index (χ1v) is 8.14. The van der Waals surface area contributed by atoms with E-state index in [0.29, 0.717) is 22.0 Å². The number of nitrogens with two attached hydrogens (primary N) is 1. The number of rotatable bonds is 5. The van der Waals surface area contributed by atoms with E-state index < -0.39 is 11.9 Å². The minimum Gasteiger partial charge on any atom is -0.441 e. The molecule has 1 atom stereocenters. The molecule has 8 heteroatoms. The second kappa shape index (κ2) is 6.32. The third kappa shape index (κ3) is 3.23. The molecule has 4 N–H and O–H groups in total. The third-order valence-corrected chi connectivity index (χ3v) is 4.27. The van der Waals surface area contributed by atoms with Crippen LogP contribution in [0.5, 0.6) is 0 Å². The summed E-state index contributed by atoms with van der Waals surface area (Å²) in [5, 5.41) is 7.97. The monoisotopic (exact) mass is 344 g/mol. The van der Waals surface area contributed by atoms with Crippen molar-refractivity contribution in [2.75, 3.05) is 10.6 Å². The predicted octanol–water partition coefficient (Wildman–Crippen LogP) is 2.74. The number of fused-ring (bicyclic) bond motifs is 1. The Balaban J connectivity index is 1.70. The fourth-order valence-electron chi connectivity index (χ4n) is 2.27. The van der Waals surface area contributed by atoms with E-state index >= 15 is 0 Å². The van der Waals surface area contributed by atoms with Gasteiger partial charge in [-0.25, -0.2) is 4.98 Å². The lowest BCUT2D eigenvalue weighted by Crippen LogP contribution is -2.32. The largest absolute Gasteiger partial charge is 0.441 e. The molecule has 0 fully saturated rings. The molecule has 0 bridgehead atoms. The number of carbonyl (C=O) groups is 2. The van der Waals surface area contributed by atoms with E-state index in [1.54, 1.807) is 31.4 Å². The molecule has 0 unspecified atom stereocenters. The normalized spacial score (nSPS) is 12.1. The lowest BCUT2D eigenvalue weighted by Gasteiger charge is -2.15. The first-order valence-electron chi connectivity index (χ1n) is 7.26. The second-order valence-electron chi connectivity index (χ2n) is 5.30. The standard InChI is InChI=1S/C16H16N4O3S/c1-8(15(22)20-16-11(14(17)21)5-6-24-16)18-10-3-4-13-12(7-10)19-9(2)23-13/h3-8,18H,1-2H3,(H2,17,21)(H,20,22)/t8-/m0/s1. The molecule has 0 aliphatic carbocycles. The summed E-state index contributed by atoms with van der Waals surface area (Å²) < 4.78 is 5.42. The van der Waals surface area contributed by atoms with Crippen molar-refractivity contribution in [3.05, 3.63) is 41.1 Å². The molecule has 2 amide bonds. The van der Waals surface area contributed by atoms with Crippen molar-refractivity contribution in [2.45, 2.75) is 19.9 Å². The van der Waals surface area contributed by atoms with Crippen LogP contribution < -0.4 is 16.4 Å². The third-order valence-electron chi connectivity index (χ3n) is 3.44. The van der Waals surface area contributed by atoms with Crippen LogP contribution in [0, 0.1) is 6.92 Å². The zero-order valence-electron chi connectivity index (χ0n) is 13.1. The Bertz CT molecular complexity index is 915. The van der Waals surface area contributed by atoms with E-state index in [9.17, 15) is 9.59 Å². The molecule has 2 heterocycles. The first kappa shape index (κ1) is 16.0. The molecule has 0 saturated carbocycles. The molecule has 24 heavy (non-hydrogen) atoms. The summed E-state index contributed by atoms with van der Waals surface area (Å²) in [6.07, 6.45) is 0. The minimum absolute atomic E-state index is 0.267. The van der Waals surface area contributed by atoms with Crippen molar-refractivity contribution in [1.82, 2.24) is 4.98 Å². The molecule has 0 saturated heterocycles. The van der Waals surface area contributed by atoms with E-state index in [1.807, 2.05) is 12.1 Å². The SMILES string of the molecule is Cc1nc2cc(N[C@@H](C)C(=O)Nc3sccc3C(N)=O)ccc2o1. The fourth-order valence-corrected chi connectivity index (χ4v) is 3.06. The zero-order valence-corrected chi connectivity index (χ0v) is 13.9. The molecule has 3 rings (SSSR count). The van der Waals surface area contributed by atoms with E-state index in [2.05, 4.69) is 15.6 Å². The molecule has 1 aromatic carbocycles. The van der Waals surface area contributed by atoms with Gasteiger partial charge in [0.15, 0.2) is 11.5 Å². The Labute approximate surface area is 141 Å². The van der Waals surface area contributed by atoms with Gasteiger partial charge >= 0.3 is 0 Å². The van der Waals surface area contributed by atoms with Gasteiger partial charge in [0.1, 0.15) is 16.6 Å². The highest BCUT2D eigenvalue weighted by Gasteiger charge is 2.17. The van der Waals surface area contributed by atoms with Gasteiger partial charge in [-0.15, -0.1) is 11.3 Å². The number of benzene rings is 1. The summed E-state index contributed by atoms with van der Waals surface area (Å²) >= 11 is 1.25. The Morgan fingerprint density at radius 1 is 1.33 bits per heavy atom. The number of hydrogen-bond acceptors (Lipinski definition) is 6. The minimum atomic E-state index is -0.570. The number of aryl methyl sites for hydroxylation is 1. The maximum Gasteiger partial charge on any atom is 0.251 e. The number of aromatic nitrogens is 1. The number of nitrogens with one attached hydrogen (secondary N) is 2. The van der Waals surface area contributed by atoms with Crippen molar-refractivity contribution < 1.29 is 14.0 Å². The van der Waals surface area contributed by atoms with E-state index in [-0.39, 0.29) is 5.91 Å². The highest BCUT2D eigenvalue weighted by molar-refractivity contribution is 7.14. The van der Waals surface area contributed by atoms with Crippen molar-refractivity contribution in [2.24, 2.45) is 5.73 Å². The summed E-state index contributed by atoms with van der Waals surface area (Å²) in [6.45, 7) is 3.51. The average molecular weight is 344 g/mol. The Morgan fingerprint density at radius 3 is 2.88 bits per heavy atom. The highest BCUT2D eigenvalue weighted by atomic mass is 32.1. The molecule has 2 aromatic heterocycles. The number of nitrogens with zero attached hydrogens (tertiary/aromatic N) is 1. The summed E-state index contributed by atoms with van der Waals surface area (Å²) in [5.41, 5.74) is 7.75. The van der Waals surface area contributed by atoms with Gasteiger partial charge in [-0.05, 0) is 36.6 Å². The Hall–Kier alpha value is -2.87. The number of thiophene rings is 1. The lowest BCUT2D eigenvalue weighted by molar-refractivity contribution is -0.116. The van der Waals surface area contributed by atoms with Crippen LogP contribution in [0.4, 0.5) is 10.7 Å². The summed E-state index contributed by atoms with van der Waals surface area (Å²) in [4.78, 5) is 27.9. The highest BCUT2D eigenvalue weighted by Crippen LogP contribution is 2.24. The molecular formula is C16H16N4O3S. The van der Waals surface area contributed by atoms with Gasteiger partial charge in [-0.3, -0.25) is 9.59 Å². The van der Waals surface area contributed by atoms with Crippen LogP contribution in [-0.2, 0) is 4.79 Å². The maximum atomic E-state index is 12.3. The van der Waals surface area contributed by atoms with Crippen LogP contribution in [0.1, 0.15) is 23.2 Å². The number of carbonyl (C=O) groups excluding carboxylic acids is 2. The number of amides is 2. The average Bonchev–Trinajstić information content (AvgIpc) is 3.12. The molecule has 0 spiro atoms. The quantitative estimate of drug-likeness (QED) is 0.659. The fraction of sp³-hybridized carbons (Fsp3) is 0.188. The smallest absolute Gasteiger partial charge is 0.251 e. The predicted molar refractivity (Wildman–Crippen MR) is 93.3 cm³/mol. The van der Waals surface area contributed by atoms with Crippen molar-refractivity contribution in [3.8, 4) is 0 Å². The second-order valence-corrected chi connectivity index (χ2v) is 6.21. The van der Waals surface area contributed by atoms with Crippen LogP contribution in [0.25, 0.3) is 11.1 Å². The van der Waals surface area contributed by atoms with Gasteiger partial charge in [-0.1, -0.05) is 0 Å². The van der Waals surface area contributed by atoms with E-state index in [0.717, 1.165) is 11.2 Å². The number of primary amides is 1. The zero-order chi connectivity index (χ0) is 17.3. The summed E-state index contributed by atoms with van der Waals surface area (Å²) in [6, 6.07) is 6.50. The number of anilines is 2. The molecule has 3 aromatic rings. The van der Waals surface area contributed by atoms with Crippen LogP contribution in [0.15, 0.2) is 34.1 Å². The lowest BCUT2D eigenvalue weighted by atomic mass is 10.2. The van der Waals surface area contributed by atoms with Crippen LogP contribution in [0.3, 0.4) is 0 Å². The topological polar surface area (TPSA) is 110 Å². The Kier molecular flexibility index (Phi) is 4.22. The van der Waals surface area contributed by atoms with Gasteiger partial charge in [0, 0.05) is 12.6 Å². The number of oxazole rings is 1. The summed E-state index contributed by atoms with van der Waals surface area (Å²) in [7, 11) is 0. The van der Waals surface area contributed by atoms with Gasteiger partial charge in [0.2, 0.25) is 5.91 Å². The summed E-state index contributed by atoms with van der Waals surface area (Å²) in [5.74, 6) is -0.250. The molecule has 0 aliphatic heterocycles. The number of hydrogen-bond donors (Lipinski definition) is 3.